The molecule has 0 spiro atoms. The molecule has 2 unspecified atom stereocenters. The molecule has 0 amide bonds. The number of pyridine rings is 1. The Bertz CT molecular complexity index is 754. The van der Waals surface area contributed by atoms with E-state index in [1.165, 1.54) is 11.1 Å². The van der Waals surface area contributed by atoms with Crippen LogP contribution in [0.5, 0.6) is 0 Å². The number of unbranched alkanes of at least 4 members (excludes halogenated alkanes) is 1. The first-order chi connectivity index (χ1) is 12.7. The number of nitrogens with zero attached hydrogens (tertiary/aromatic N) is 1. The van der Waals surface area contributed by atoms with Gasteiger partial charge in [0.25, 0.3) is 0 Å². The molecule has 26 heavy (non-hydrogen) atoms. The first-order valence-corrected chi connectivity index (χ1v) is 9.76. The van der Waals surface area contributed by atoms with E-state index in [-0.39, 0.29) is 29.8 Å². The van der Waals surface area contributed by atoms with Crippen LogP contribution in [0, 0.1) is 5.92 Å². The van der Waals surface area contributed by atoms with Crippen molar-refractivity contribution < 1.29 is 9.59 Å². The average molecular weight is 349 g/mol. The molecule has 1 aromatic carbocycles. The Morgan fingerprint density at radius 1 is 1.15 bits per heavy atom. The zero-order valence-corrected chi connectivity index (χ0v) is 15.5. The van der Waals surface area contributed by atoms with E-state index in [2.05, 4.69) is 30.1 Å². The fourth-order valence-corrected chi connectivity index (χ4v) is 3.99. The van der Waals surface area contributed by atoms with E-state index in [1.807, 2.05) is 12.1 Å². The Labute approximate surface area is 155 Å². The lowest BCUT2D eigenvalue weighted by Crippen LogP contribution is -2.27. The summed E-state index contributed by atoms with van der Waals surface area (Å²) in [5, 5.41) is 0. The second-order valence-corrected chi connectivity index (χ2v) is 7.23. The van der Waals surface area contributed by atoms with Crippen molar-refractivity contribution in [3.8, 4) is 0 Å². The summed E-state index contributed by atoms with van der Waals surface area (Å²) in [5.41, 5.74) is 2.95. The highest BCUT2D eigenvalue weighted by atomic mass is 16.1. The van der Waals surface area contributed by atoms with Gasteiger partial charge in [-0.15, -0.1) is 0 Å². The van der Waals surface area contributed by atoms with Gasteiger partial charge < -0.3 is 0 Å². The molecule has 136 valence electrons. The van der Waals surface area contributed by atoms with Gasteiger partial charge in [-0.3, -0.25) is 14.6 Å². The van der Waals surface area contributed by atoms with Crippen LogP contribution in [0.25, 0.3) is 0 Å². The van der Waals surface area contributed by atoms with Crippen LogP contribution in [0.2, 0.25) is 0 Å². The highest BCUT2D eigenvalue weighted by Gasteiger charge is 2.32. The molecule has 3 heteroatoms. The van der Waals surface area contributed by atoms with Crippen LogP contribution in [0.4, 0.5) is 0 Å². The maximum atomic E-state index is 13.4. The number of ketones is 2. The minimum Gasteiger partial charge on any atom is -0.299 e. The molecule has 0 N–H and O–H groups in total. The second-order valence-electron chi connectivity index (χ2n) is 7.23. The Morgan fingerprint density at radius 2 is 1.96 bits per heavy atom. The first-order valence-electron chi connectivity index (χ1n) is 9.76. The fraction of sp³-hybridized carbons (Fsp3) is 0.435. The number of aromatic nitrogens is 1. The number of benzene rings is 1. The van der Waals surface area contributed by atoms with Gasteiger partial charge in [0, 0.05) is 24.5 Å². The average Bonchev–Trinajstić information content (AvgIpc) is 2.68. The van der Waals surface area contributed by atoms with Crippen molar-refractivity contribution in [2.24, 2.45) is 5.92 Å². The second kappa shape index (κ2) is 8.88. The van der Waals surface area contributed by atoms with Gasteiger partial charge in [0.1, 0.15) is 11.5 Å². The van der Waals surface area contributed by atoms with Crippen molar-refractivity contribution in [1.29, 1.82) is 0 Å². The van der Waals surface area contributed by atoms with E-state index in [0.717, 1.165) is 38.5 Å². The number of carbonyl (C=O) groups is 2. The molecule has 1 aromatic heterocycles. The molecule has 0 fully saturated rings. The quantitative estimate of drug-likeness (QED) is 0.678. The summed E-state index contributed by atoms with van der Waals surface area (Å²) < 4.78 is 0. The highest BCUT2D eigenvalue weighted by Crippen LogP contribution is 2.35. The highest BCUT2D eigenvalue weighted by molar-refractivity contribution is 5.98. The van der Waals surface area contributed by atoms with E-state index >= 15 is 0 Å². The molecule has 0 radical (unpaired) electrons. The zero-order valence-electron chi connectivity index (χ0n) is 15.5. The SMILES string of the molecule is CCCCC1C(=O)C(CC(=O)c2ccccn2)CCCc2ccccc21. The van der Waals surface area contributed by atoms with Gasteiger partial charge in [-0.25, -0.2) is 0 Å². The summed E-state index contributed by atoms with van der Waals surface area (Å²) in [6.45, 7) is 2.15. The van der Waals surface area contributed by atoms with E-state index in [4.69, 9.17) is 0 Å². The molecule has 2 aromatic rings. The van der Waals surface area contributed by atoms with Crippen molar-refractivity contribution in [3.05, 3.63) is 65.5 Å². The lowest BCUT2D eigenvalue weighted by atomic mass is 9.75. The van der Waals surface area contributed by atoms with E-state index < -0.39 is 0 Å². The van der Waals surface area contributed by atoms with Crippen molar-refractivity contribution in [1.82, 2.24) is 4.98 Å². The number of carbonyl (C=O) groups excluding carboxylic acids is 2. The third-order valence-electron chi connectivity index (χ3n) is 5.40. The van der Waals surface area contributed by atoms with E-state index in [1.54, 1.807) is 18.3 Å². The van der Waals surface area contributed by atoms with Crippen LogP contribution in [0.1, 0.15) is 73.0 Å². The predicted octanol–water partition coefficient (Wildman–Crippen LogP) is 5.15. The number of fused-ring (bicyclic) bond motifs is 1. The van der Waals surface area contributed by atoms with Gasteiger partial charge in [0.2, 0.25) is 0 Å². The number of aryl methyl sites for hydroxylation is 1. The standard InChI is InChI=1S/C23H27NO2/c1-2-3-12-20-19-13-5-4-9-17(19)10-8-11-18(23(20)26)16-22(25)21-14-6-7-15-24-21/h4-7,9,13-15,18,20H,2-3,8,10-12,16H2,1H3. The zero-order chi connectivity index (χ0) is 18.4. The van der Waals surface area contributed by atoms with Gasteiger partial charge >= 0.3 is 0 Å². The van der Waals surface area contributed by atoms with E-state index in [0.29, 0.717) is 5.69 Å². The van der Waals surface area contributed by atoms with Crippen LogP contribution in [0.3, 0.4) is 0 Å². The summed E-state index contributed by atoms with van der Waals surface area (Å²) in [7, 11) is 0. The molecule has 1 aliphatic carbocycles. The van der Waals surface area contributed by atoms with Crippen molar-refractivity contribution >= 4 is 11.6 Å². The maximum absolute atomic E-state index is 13.4. The molecule has 0 saturated heterocycles. The molecule has 1 heterocycles. The largest absolute Gasteiger partial charge is 0.299 e. The molecule has 3 nitrogen and oxygen atoms in total. The lowest BCUT2D eigenvalue weighted by molar-refractivity contribution is -0.125. The normalized spacial score (nSPS) is 20.1. The minimum atomic E-state index is -0.195. The molecule has 3 rings (SSSR count). The van der Waals surface area contributed by atoms with Crippen LogP contribution < -0.4 is 0 Å². The fourth-order valence-electron chi connectivity index (χ4n) is 3.99. The summed E-state index contributed by atoms with van der Waals surface area (Å²) >= 11 is 0. The first kappa shape index (κ1) is 18.5. The lowest BCUT2D eigenvalue weighted by Gasteiger charge is -2.27. The number of Topliss-reactive ketones (excluding diaryl/α,β-unsaturated/α-hetero) is 2. The molecule has 0 bridgehead atoms. The predicted molar refractivity (Wildman–Crippen MR) is 103 cm³/mol. The third-order valence-corrected chi connectivity index (χ3v) is 5.40. The summed E-state index contributed by atoms with van der Waals surface area (Å²) in [5.74, 6) is -0.0466. The van der Waals surface area contributed by atoms with Crippen LogP contribution in [0.15, 0.2) is 48.7 Å². The summed E-state index contributed by atoms with van der Waals surface area (Å²) in [4.78, 5) is 30.1. The molecule has 0 aliphatic heterocycles. The monoisotopic (exact) mass is 349 g/mol. The van der Waals surface area contributed by atoms with Gasteiger partial charge in [0.05, 0.1) is 0 Å². The van der Waals surface area contributed by atoms with Gasteiger partial charge in [-0.2, -0.15) is 0 Å². The summed E-state index contributed by atoms with van der Waals surface area (Å²) in [6, 6.07) is 13.7. The van der Waals surface area contributed by atoms with E-state index in [9.17, 15) is 9.59 Å². The van der Waals surface area contributed by atoms with Gasteiger partial charge in [-0.1, -0.05) is 50.1 Å². The van der Waals surface area contributed by atoms with Gasteiger partial charge in [-0.05, 0) is 48.9 Å². The van der Waals surface area contributed by atoms with Crippen LogP contribution in [-0.4, -0.2) is 16.6 Å². The number of hydrogen-bond acceptors (Lipinski definition) is 3. The van der Waals surface area contributed by atoms with Gasteiger partial charge in [0.15, 0.2) is 5.78 Å². The topological polar surface area (TPSA) is 47.0 Å². The Hall–Kier alpha value is -2.29. The third kappa shape index (κ3) is 4.27. The Balaban J connectivity index is 1.84. The van der Waals surface area contributed by atoms with Crippen molar-refractivity contribution in [2.75, 3.05) is 0 Å². The smallest absolute Gasteiger partial charge is 0.181 e. The number of rotatable bonds is 6. The molecule has 1 aliphatic rings. The molecule has 0 saturated carbocycles. The molecule has 2 atom stereocenters. The van der Waals surface area contributed by atoms with Crippen molar-refractivity contribution in [3.63, 3.8) is 0 Å². The Kier molecular flexibility index (Phi) is 6.32. The Morgan fingerprint density at radius 3 is 2.73 bits per heavy atom. The van der Waals surface area contributed by atoms with Crippen molar-refractivity contribution in [2.45, 2.75) is 57.8 Å². The minimum absolute atomic E-state index is 0.0212. The van der Waals surface area contributed by atoms with Crippen LogP contribution in [-0.2, 0) is 11.2 Å². The molecular weight excluding hydrogens is 322 g/mol. The number of hydrogen-bond donors (Lipinski definition) is 0. The maximum Gasteiger partial charge on any atom is 0.181 e. The molecular formula is C23H27NO2. The summed E-state index contributed by atoms with van der Waals surface area (Å²) in [6.07, 6.45) is 7.61. The van der Waals surface area contributed by atoms with Crippen LogP contribution >= 0.6 is 0 Å².